The first-order chi connectivity index (χ1) is 14.5. The molecule has 7 heteroatoms. The predicted octanol–water partition coefficient (Wildman–Crippen LogP) is 1.24. The van der Waals surface area contributed by atoms with Gasteiger partial charge in [0.2, 0.25) is 10.0 Å². The molecular weight excluding hydrogens is 398 g/mol. The van der Waals surface area contributed by atoms with Gasteiger partial charge in [-0.1, -0.05) is 60.7 Å². The summed E-state index contributed by atoms with van der Waals surface area (Å²) >= 11 is 0. The van der Waals surface area contributed by atoms with E-state index in [1.807, 2.05) is 72.5 Å². The molecule has 1 saturated heterocycles. The molecule has 1 heterocycles. The Morgan fingerprint density at radius 3 is 2.23 bits per heavy atom. The molecule has 0 saturated carbocycles. The van der Waals surface area contributed by atoms with Crippen LogP contribution in [0.3, 0.4) is 0 Å². The lowest BCUT2D eigenvalue weighted by atomic mass is 10.2. The topological polar surface area (TPSA) is 62.1 Å². The third-order valence-electron chi connectivity index (χ3n) is 5.37. The van der Waals surface area contributed by atoms with Crippen molar-refractivity contribution in [2.75, 3.05) is 39.3 Å². The molecule has 1 N–H and O–H groups in total. The van der Waals surface area contributed by atoms with Crippen molar-refractivity contribution in [3.8, 4) is 0 Å². The van der Waals surface area contributed by atoms with Crippen LogP contribution in [0.4, 0.5) is 0 Å². The molecule has 0 atom stereocenters. The molecule has 1 amide bonds. The molecule has 0 bridgehead atoms. The normalized spacial score (nSPS) is 16.0. The standard InChI is InChI=1S/C23H29N3O3S/c1-2-25(19-22-11-7-4-8-12-22)23(27)20-24-14-16-26(17-15-24)30(28,29)18-13-21-9-5-3-6-10-21/h3-13,18H,2,14-17,19-20H2,1H3/p+1/b18-13+. The Kier molecular flexibility index (Phi) is 7.79. The van der Waals surface area contributed by atoms with Gasteiger partial charge in [0.15, 0.2) is 6.54 Å². The van der Waals surface area contributed by atoms with Crippen LogP contribution in [0.5, 0.6) is 0 Å². The predicted molar refractivity (Wildman–Crippen MR) is 119 cm³/mol. The van der Waals surface area contributed by atoms with Crippen molar-refractivity contribution in [1.82, 2.24) is 9.21 Å². The molecule has 6 nitrogen and oxygen atoms in total. The molecule has 0 spiro atoms. The molecule has 2 aromatic rings. The number of rotatable bonds is 8. The highest BCUT2D eigenvalue weighted by atomic mass is 32.2. The van der Waals surface area contributed by atoms with Crippen molar-refractivity contribution in [3.05, 3.63) is 77.2 Å². The van der Waals surface area contributed by atoms with E-state index in [0.717, 1.165) is 16.0 Å². The van der Waals surface area contributed by atoms with E-state index in [1.165, 1.54) is 9.71 Å². The minimum atomic E-state index is -3.45. The minimum absolute atomic E-state index is 0.108. The van der Waals surface area contributed by atoms with Gasteiger partial charge in [0, 0.05) is 18.5 Å². The molecule has 3 rings (SSSR count). The highest BCUT2D eigenvalue weighted by Crippen LogP contribution is 2.08. The third-order valence-corrected chi connectivity index (χ3v) is 6.94. The maximum absolute atomic E-state index is 12.7. The summed E-state index contributed by atoms with van der Waals surface area (Å²) in [6.45, 7) is 5.76. The maximum Gasteiger partial charge on any atom is 0.278 e. The second kappa shape index (κ2) is 10.5. The lowest BCUT2D eigenvalue weighted by molar-refractivity contribution is -0.896. The molecule has 0 aliphatic carbocycles. The highest BCUT2D eigenvalue weighted by molar-refractivity contribution is 7.92. The number of nitrogens with one attached hydrogen (secondary N) is 1. The highest BCUT2D eigenvalue weighted by Gasteiger charge is 2.29. The van der Waals surface area contributed by atoms with Gasteiger partial charge in [-0.2, -0.15) is 4.31 Å². The Morgan fingerprint density at radius 2 is 1.63 bits per heavy atom. The molecule has 160 valence electrons. The van der Waals surface area contributed by atoms with E-state index in [2.05, 4.69) is 0 Å². The maximum atomic E-state index is 12.7. The summed E-state index contributed by atoms with van der Waals surface area (Å²) < 4.78 is 26.7. The summed E-state index contributed by atoms with van der Waals surface area (Å²) in [4.78, 5) is 15.7. The summed E-state index contributed by atoms with van der Waals surface area (Å²) in [7, 11) is -3.45. The number of hydrogen-bond acceptors (Lipinski definition) is 3. The van der Waals surface area contributed by atoms with E-state index in [9.17, 15) is 13.2 Å². The molecule has 30 heavy (non-hydrogen) atoms. The Morgan fingerprint density at radius 1 is 1.03 bits per heavy atom. The van der Waals surface area contributed by atoms with Crippen LogP contribution in [0, 0.1) is 0 Å². The van der Waals surface area contributed by atoms with E-state index in [0.29, 0.717) is 45.8 Å². The van der Waals surface area contributed by atoms with Crippen LogP contribution in [-0.4, -0.2) is 62.8 Å². The smallest absolute Gasteiger partial charge is 0.278 e. The number of hydrogen-bond donors (Lipinski definition) is 1. The molecule has 0 unspecified atom stereocenters. The van der Waals surface area contributed by atoms with Gasteiger partial charge in [0.1, 0.15) is 0 Å². The van der Waals surface area contributed by atoms with Gasteiger partial charge in [-0.3, -0.25) is 4.79 Å². The van der Waals surface area contributed by atoms with E-state index in [-0.39, 0.29) is 5.91 Å². The van der Waals surface area contributed by atoms with Crippen LogP contribution in [0.15, 0.2) is 66.1 Å². The van der Waals surface area contributed by atoms with Gasteiger partial charge in [0.25, 0.3) is 5.91 Å². The van der Waals surface area contributed by atoms with Crippen LogP contribution in [0.2, 0.25) is 0 Å². The number of piperazine rings is 1. The van der Waals surface area contributed by atoms with E-state index in [1.54, 1.807) is 6.08 Å². The lowest BCUT2D eigenvalue weighted by Crippen LogP contribution is -3.15. The van der Waals surface area contributed by atoms with Crippen molar-refractivity contribution < 1.29 is 18.1 Å². The third kappa shape index (κ3) is 6.26. The first-order valence-corrected chi connectivity index (χ1v) is 11.9. The molecule has 1 fully saturated rings. The molecule has 1 aliphatic heterocycles. The van der Waals surface area contributed by atoms with Crippen molar-refractivity contribution >= 4 is 22.0 Å². The first kappa shape index (κ1) is 22.2. The van der Waals surface area contributed by atoms with Gasteiger partial charge in [-0.25, -0.2) is 8.42 Å². The molecule has 1 aliphatic rings. The molecule has 0 radical (unpaired) electrons. The number of carbonyl (C=O) groups is 1. The minimum Gasteiger partial charge on any atom is -0.334 e. The Balaban J connectivity index is 1.51. The lowest BCUT2D eigenvalue weighted by Gasteiger charge is -2.31. The first-order valence-electron chi connectivity index (χ1n) is 10.4. The van der Waals surface area contributed by atoms with E-state index >= 15 is 0 Å². The quantitative estimate of drug-likeness (QED) is 0.688. The fraction of sp³-hybridized carbons (Fsp3) is 0.348. The van der Waals surface area contributed by atoms with Gasteiger partial charge < -0.3 is 9.80 Å². The van der Waals surface area contributed by atoms with Gasteiger partial charge in [-0.05, 0) is 24.1 Å². The number of carbonyl (C=O) groups excluding carboxylic acids is 1. The van der Waals surface area contributed by atoms with Gasteiger partial charge in [0.05, 0.1) is 26.2 Å². The van der Waals surface area contributed by atoms with Crippen LogP contribution in [0.1, 0.15) is 18.1 Å². The summed E-state index contributed by atoms with van der Waals surface area (Å²) in [6, 6.07) is 19.4. The van der Waals surface area contributed by atoms with Crippen molar-refractivity contribution in [3.63, 3.8) is 0 Å². The number of quaternary nitrogens is 1. The van der Waals surface area contributed by atoms with Crippen LogP contribution < -0.4 is 4.90 Å². The summed E-state index contributed by atoms with van der Waals surface area (Å²) in [5.74, 6) is 0.108. The molecular formula is C23H30N3O3S+. The zero-order chi connectivity index (χ0) is 21.4. The van der Waals surface area contributed by atoms with Gasteiger partial charge >= 0.3 is 0 Å². The Bertz CT molecular complexity index is 938. The second-order valence-corrected chi connectivity index (χ2v) is 9.30. The second-order valence-electron chi connectivity index (χ2n) is 7.48. The van der Waals surface area contributed by atoms with Crippen LogP contribution in [0.25, 0.3) is 6.08 Å². The average molecular weight is 429 g/mol. The largest absolute Gasteiger partial charge is 0.334 e. The zero-order valence-electron chi connectivity index (χ0n) is 17.4. The fourth-order valence-corrected chi connectivity index (χ4v) is 4.75. The number of sulfonamides is 1. The molecule has 2 aromatic carbocycles. The summed E-state index contributed by atoms with van der Waals surface area (Å²) in [5, 5.41) is 1.27. The van der Waals surface area contributed by atoms with Crippen LogP contribution >= 0.6 is 0 Å². The van der Waals surface area contributed by atoms with Crippen LogP contribution in [-0.2, 0) is 21.4 Å². The SMILES string of the molecule is CCN(Cc1ccccc1)C(=O)C[NH+]1CCN(S(=O)(=O)/C=C/c2ccccc2)CC1. The number of amides is 1. The summed E-state index contributed by atoms with van der Waals surface area (Å²) in [5.41, 5.74) is 1.97. The van der Waals surface area contributed by atoms with E-state index < -0.39 is 10.0 Å². The average Bonchev–Trinajstić information content (AvgIpc) is 2.78. The van der Waals surface area contributed by atoms with Gasteiger partial charge in [-0.15, -0.1) is 0 Å². The monoisotopic (exact) mass is 428 g/mol. The van der Waals surface area contributed by atoms with Crippen molar-refractivity contribution in [1.29, 1.82) is 0 Å². The zero-order valence-corrected chi connectivity index (χ0v) is 18.2. The Hall–Kier alpha value is -2.48. The number of benzene rings is 2. The van der Waals surface area contributed by atoms with E-state index in [4.69, 9.17) is 0 Å². The number of likely N-dealkylation sites (N-methyl/N-ethyl adjacent to an activating group) is 1. The summed E-state index contributed by atoms with van der Waals surface area (Å²) in [6.07, 6.45) is 1.63. The van der Waals surface area contributed by atoms with Crippen molar-refractivity contribution in [2.24, 2.45) is 0 Å². The van der Waals surface area contributed by atoms with Crippen molar-refractivity contribution in [2.45, 2.75) is 13.5 Å². The molecule has 0 aromatic heterocycles. The number of nitrogens with zero attached hydrogens (tertiary/aromatic N) is 2. The Labute approximate surface area is 179 Å². The fourth-order valence-electron chi connectivity index (χ4n) is 3.55.